The molecule has 2 N–H and O–H groups in total. The van der Waals surface area contributed by atoms with E-state index < -0.39 is 5.97 Å². The number of carboxylic acid groups (broad SMARTS) is 1. The van der Waals surface area contributed by atoms with E-state index in [1.54, 1.807) is 0 Å². The molecule has 18 heavy (non-hydrogen) atoms. The van der Waals surface area contributed by atoms with Crippen LogP contribution < -0.4 is 5.32 Å². The first-order valence-electron chi connectivity index (χ1n) is 6.76. The molecule has 0 radical (unpaired) electrons. The van der Waals surface area contributed by atoms with Gasteiger partial charge in [-0.25, -0.2) is 0 Å². The van der Waals surface area contributed by atoms with E-state index in [1.807, 2.05) is 6.07 Å². The second-order valence-corrected chi connectivity index (χ2v) is 5.08. The Morgan fingerprint density at radius 2 is 1.83 bits per heavy atom. The van der Waals surface area contributed by atoms with Gasteiger partial charge in [0.05, 0.1) is 5.92 Å². The van der Waals surface area contributed by atoms with E-state index in [0.29, 0.717) is 6.04 Å². The molecule has 1 saturated carbocycles. The second kappa shape index (κ2) is 6.55. The summed E-state index contributed by atoms with van der Waals surface area (Å²) in [6, 6.07) is 10.9. The third kappa shape index (κ3) is 3.84. The van der Waals surface area contributed by atoms with Crippen LogP contribution in [-0.4, -0.2) is 23.7 Å². The van der Waals surface area contributed by atoms with Crippen LogP contribution in [0.1, 0.15) is 31.2 Å². The normalized spacial score (nSPS) is 23.8. The second-order valence-electron chi connectivity index (χ2n) is 5.08. The quantitative estimate of drug-likeness (QED) is 0.840. The van der Waals surface area contributed by atoms with Gasteiger partial charge in [0.1, 0.15) is 0 Å². The first kappa shape index (κ1) is 13.1. The Balaban J connectivity index is 1.65. The molecule has 2 rings (SSSR count). The molecule has 0 amide bonds. The van der Waals surface area contributed by atoms with E-state index in [9.17, 15) is 4.79 Å². The Bertz CT molecular complexity index is 369. The number of hydrogen-bond acceptors (Lipinski definition) is 2. The Labute approximate surface area is 108 Å². The number of carboxylic acids is 1. The van der Waals surface area contributed by atoms with E-state index in [1.165, 1.54) is 5.56 Å². The highest BCUT2D eigenvalue weighted by Gasteiger charge is 2.25. The van der Waals surface area contributed by atoms with Crippen molar-refractivity contribution in [3.8, 4) is 0 Å². The van der Waals surface area contributed by atoms with Gasteiger partial charge in [-0.15, -0.1) is 0 Å². The lowest BCUT2D eigenvalue weighted by Crippen LogP contribution is -2.36. The van der Waals surface area contributed by atoms with Gasteiger partial charge in [0.15, 0.2) is 0 Å². The largest absolute Gasteiger partial charge is 0.481 e. The molecule has 0 aromatic heterocycles. The topological polar surface area (TPSA) is 49.3 Å². The summed E-state index contributed by atoms with van der Waals surface area (Å²) in [4.78, 5) is 10.8. The number of nitrogens with one attached hydrogen (secondary N) is 1. The molecule has 3 heteroatoms. The molecular weight excluding hydrogens is 226 g/mol. The van der Waals surface area contributed by atoms with Gasteiger partial charge < -0.3 is 10.4 Å². The summed E-state index contributed by atoms with van der Waals surface area (Å²) in [5, 5.41) is 12.5. The maximum atomic E-state index is 10.8. The molecular formula is C15H21NO2. The summed E-state index contributed by atoms with van der Waals surface area (Å²) >= 11 is 0. The Morgan fingerprint density at radius 3 is 2.44 bits per heavy atom. The van der Waals surface area contributed by atoms with Crippen molar-refractivity contribution >= 4 is 5.97 Å². The van der Waals surface area contributed by atoms with E-state index in [2.05, 4.69) is 29.6 Å². The van der Waals surface area contributed by atoms with Crippen LogP contribution in [-0.2, 0) is 11.2 Å². The molecule has 0 bridgehead atoms. The molecule has 0 aliphatic heterocycles. The van der Waals surface area contributed by atoms with Crippen LogP contribution in [0.25, 0.3) is 0 Å². The molecule has 1 aliphatic rings. The number of carbonyl (C=O) groups is 1. The molecule has 0 atom stereocenters. The molecule has 98 valence electrons. The highest BCUT2D eigenvalue weighted by molar-refractivity contribution is 5.70. The summed E-state index contributed by atoms with van der Waals surface area (Å²) in [6.07, 6.45) is 4.66. The van der Waals surface area contributed by atoms with Crippen molar-refractivity contribution in [2.45, 2.75) is 38.1 Å². The lowest BCUT2D eigenvalue weighted by molar-refractivity contribution is -0.142. The van der Waals surface area contributed by atoms with Gasteiger partial charge in [-0.05, 0) is 44.2 Å². The maximum Gasteiger partial charge on any atom is 0.306 e. The van der Waals surface area contributed by atoms with Gasteiger partial charge in [0, 0.05) is 6.04 Å². The Hall–Kier alpha value is -1.35. The highest BCUT2D eigenvalue weighted by atomic mass is 16.4. The predicted molar refractivity (Wildman–Crippen MR) is 71.5 cm³/mol. The zero-order valence-electron chi connectivity index (χ0n) is 10.6. The summed E-state index contributed by atoms with van der Waals surface area (Å²) in [5.74, 6) is -0.741. The van der Waals surface area contributed by atoms with E-state index in [4.69, 9.17) is 5.11 Å². The van der Waals surface area contributed by atoms with Crippen molar-refractivity contribution in [2.75, 3.05) is 6.54 Å². The fraction of sp³-hybridized carbons (Fsp3) is 0.533. The molecule has 0 spiro atoms. The molecule has 0 saturated heterocycles. The first-order chi connectivity index (χ1) is 8.75. The summed E-state index contributed by atoms with van der Waals surface area (Å²) in [7, 11) is 0. The van der Waals surface area contributed by atoms with Gasteiger partial charge in [-0.2, -0.15) is 0 Å². The average molecular weight is 247 g/mol. The maximum absolute atomic E-state index is 10.8. The monoisotopic (exact) mass is 247 g/mol. The Morgan fingerprint density at radius 1 is 1.17 bits per heavy atom. The minimum atomic E-state index is -0.627. The van der Waals surface area contributed by atoms with Crippen LogP contribution in [0.4, 0.5) is 0 Å². The SMILES string of the molecule is O=C(O)C1CCC(NCCc2ccccc2)CC1. The molecule has 1 aromatic carbocycles. The van der Waals surface area contributed by atoms with Crippen molar-refractivity contribution in [3.63, 3.8) is 0 Å². The molecule has 1 fully saturated rings. The number of hydrogen-bond donors (Lipinski definition) is 2. The molecule has 1 aromatic rings. The van der Waals surface area contributed by atoms with Crippen LogP contribution in [0, 0.1) is 5.92 Å². The fourth-order valence-corrected chi connectivity index (χ4v) is 2.61. The highest BCUT2D eigenvalue weighted by Crippen LogP contribution is 2.24. The van der Waals surface area contributed by atoms with Gasteiger partial charge in [-0.1, -0.05) is 30.3 Å². The summed E-state index contributed by atoms with van der Waals surface area (Å²) < 4.78 is 0. The number of rotatable bonds is 5. The van der Waals surface area contributed by atoms with E-state index in [-0.39, 0.29) is 5.92 Å². The van der Waals surface area contributed by atoms with Gasteiger partial charge in [0.25, 0.3) is 0 Å². The molecule has 0 unspecified atom stereocenters. The minimum absolute atomic E-state index is 0.114. The lowest BCUT2D eigenvalue weighted by Gasteiger charge is -2.26. The van der Waals surface area contributed by atoms with Crippen molar-refractivity contribution in [2.24, 2.45) is 5.92 Å². The van der Waals surface area contributed by atoms with Crippen LogP contribution in [0.2, 0.25) is 0 Å². The standard InChI is InChI=1S/C15H21NO2/c17-15(18)13-6-8-14(9-7-13)16-11-10-12-4-2-1-3-5-12/h1-5,13-14,16H,6-11H2,(H,17,18). The molecule has 1 aliphatic carbocycles. The third-order valence-electron chi connectivity index (χ3n) is 3.77. The van der Waals surface area contributed by atoms with Crippen LogP contribution in [0.3, 0.4) is 0 Å². The Kier molecular flexibility index (Phi) is 4.76. The summed E-state index contributed by atoms with van der Waals surface area (Å²) in [5.41, 5.74) is 1.35. The third-order valence-corrected chi connectivity index (χ3v) is 3.77. The van der Waals surface area contributed by atoms with Crippen LogP contribution >= 0.6 is 0 Å². The fourth-order valence-electron chi connectivity index (χ4n) is 2.61. The molecule has 0 heterocycles. The lowest BCUT2D eigenvalue weighted by atomic mass is 9.86. The molecule has 3 nitrogen and oxygen atoms in total. The smallest absolute Gasteiger partial charge is 0.306 e. The van der Waals surface area contributed by atoms with E-state index >= 15 is 0 Å². The average Bonchev–Trinajstić information content (AvgIpc) is 2.40. The first-order valence-corrected chi connectivity index (χ1v) is 6.76. The van der Waals surface area contributed by atoms with E-state index in [0.717, 1.165) is 38.6 Å². The zero-order valence-corrected chi connectivity index (χ0v) is 10.6. The summed E-state index contributed by atoms with van der Waals surface area (Å²) in [6.45, 7) is 0.979. The van der Waals surface area contributed by atoms with Gasteiger partial charge in [-0.3, -0.25) is 4.79 Å². The number of aliphatic carboxylic acids is 1. The van der Waals surface area contributed by atoms with Crippen molar-refractivity contribution in [1.82, 2.24) is 5.32 Å². The van der Waals surface area contributed by atoms with Crippen molar-refractivity contribution < 1.29 is 9.90 Å². The van der Waals surface area contributed by atoms with Crippen molar-refractivity contribution in [3.05, 3.63) is 35.9 Å². The van der Waals surface area contributed by atoms with Gasteiger partial charge in [0.2, 0.25) is 0 Å². The van der Waals surface area contributed by atoms with Crippen LogP contribution in [0.15, 0.2) is 30.3 Å². The zero-order chi connectivity index (χ0) is 12.8. The predicted octanol–water partition coefficient (Wildman–Crippen LogP) is 2.46. The van der Waals surface area contributed by atoms with Gasteiger partial charge >= 0.3 is 5.97 Å². The van der Waals surface area contributed by atoms with Crippen LogP contribution in [0.5, 0.6) is 0 Å². The minimum Gasteiger partial charge on any atom is -0.481 e. The van der Waals surface area contributed by atoms with Crippen molar-refractivity contribution in [1.29, 1.82) is 0 Å². The number of benzene rings is 1.